The Morgan fingerprint density at radius 3 is 2.93 bits per heavy atom. The van der Waals surface area contributed by atoms with Crippen LogP contribution in [0.25, 0.3) is 10.8 Å². The van der Waals surface area contributed by atoms with Gasteiger partial charge in [0.1, 0.15) is 5.82 Å². The Hall–Kier alpha value is -3.55. The molecule has 8 heteroatoms. The number of amides is 2. The predicted octanol–water partition coefficient (Wildman–Crippen LogP) is 1.78. The van der Waals surface area contributed by atoms with Crippen molar-refractivity contribution in [3.05, 3.63) is 70.4 Å². The number of nitrogens with zero attached hydrogens (tertiary/aromatic N) is 2. The average molecular weight is 380 g/mol. The average Bonchev–Trinajstić information content (AvgIpc) is 2.69. The maximum atomic E-state index is 13.6. The number of benzene rings is 2. The number of halogens is 1. The summed E-state index contributed by atoms with van der Waals surface area (Å²) < 4.78 is 14.9. The van der Waals surface area contributed by atoms with Crippen LogP contribution in [0.2, 0.25) is 0 Å². The largest absolute Gasteiger partial charge is 0.354 e. The molecule has 0 spiro atoms. The fraction of sp³-hybridized carbons (Fsp3) is 0.200. The van der Waals surface area contributed by atoms with Crippen LogP contribution in [0.4, 0.5) is 10.1 Å². The van der Waals surface area contributed by atoms with Crippen LogP contribution in [0.1, 0.15) is 17.9 Å². The Balaban J connectivity index is 1.47. The Morgan fingerprint density at radius 2 is 2.07 bits per heavy atom. The molecule has 1 aliphatic heterocycles. The summed E-state index contributed by atoms with van der Waals surface area (Å²) >= 11 is 0. The van der Waals surface area contributed by atoms with Crippen molar-refractivity contribution < 1.29 is 14.0 Å². The second-order valence-electron chi connectivity index (χ2n) is 6.59. The van der Waals surface area contributed by atoms with Gasteiger partial charge >= 0.3 is 0 Å². The van der Waals surface area contributed by atoms with Gasteiger partial charge in [0.2, 0.25) is 11.8 Å². The standard InChI is InChI=1S/C20H17FN4O3/c21-13-5-6-17-15(9-13)16(10-18(26)24-17)19(27)22-7-8-25-20(28)14-4-2-1-3-12(14)11-23-25/h1-6,9,11,16H,7-8,10H2,(H,22,27)(H,24,26)/t16-/m0/s1. The maximum absolute atomic E-state index is 13.6. The number of anilines is 1. The molecule has 0 fully saturated rings. The molecule has 0 radical (unpaired) electrons. The third kappa shape index (κ3) is 3.36. The van der Waals surface area contributed by atoms with Gasteiger partial charge in [-0.2, -0.15) is 5.10 Å². The number of fused-ring (bicyclic) bond motifs is 2. The first kappa shape index (κ1) is 17.8. The third-order valence-electron chi connectivity index (χ3n) is 4.75. The van der Waals surface area contributed by atoms with Crippen molar-refractivity contribution in [2.24, 2.45) is 0 Å². The molecule has 7 nitrogen and oxygen atoms in total. The van der Waals surface area contributed by atoms with E-state index in [0.29, 0.717) is 16.6 Å². The SMILES string of the molecule is O=C1C[C@H](C(=O)NCCn2ncc3ccccc3c2=O)c2cc(F)ccc2N1. The Kier molecular flexibility index (Phi) is 4.60. The van der Waals surface area contributed by atoms with Crippen molar-refractivity contribution in [1.29, 1.82) is 0 Å². The van der Waals surface area contributed by atoms with E-state index in [9.17, 15) is 18.8 Å². The zero-order valence-corrected chi connectivity index (χ0v) is 14.8. The summed E-state index contributed by atoms with van der Waals surface area (Å²) in [5, 5.41) is 10.8. The Bertz CT molecular complexity index is 1140. The smallest absolute Gasteiger partial charge is 0.274 e. The van der Waals surface area contributed by atoms with E-state index in [-0.39, 0.29) is 31.0 Å². The highest BCUT2D eigenvalue weighted by Gasteiger charge is 2.30. The minimum Gasteiger partial charge on any atom is -0.354 e. The summed E-state index contributed by atoms with van der Waals surface area (Å²) in [7, 11) is 0. The Labute approximate surface area is 159 Å². The quantitative estimate of drug-likeness (QED) is 0.722. The number of nitrogens with one attached hydrogen (secondary N) is 2. The molecule has 0 saturated carbocycles. The topological polar surface area (TPSA) is 93.1 Å². The van der Waals surface area contributed by atoms with E-state index in [0.717, 1.165) is 5.39 Å². The predicted molar refractivity (Wildman–Crippen MR) is 101 cm³/mol. The number of carbonyl (C=O) groups is 2. The number of hydrogen-bond donors (Lipinski definition) is 2. The van der Waals surface area contributed by atoms with Gasteiger partial charge in [-0.1, -0.05) is 18.2 Å². The molecule has 2 N–H and O–H groups in total. The molecule has 3 aromatic rings. The fourth-order valence-corrected chi connectivity index (χ4v) is 3.36. The first-order valence-corrected chi connectivity index (χ1v) is 8.85. The van der Waals surface area contributed by atoms with Gasteiger partial charge in [0.15, 0.2) is 0 Å². The van der Waals surface area contributed by atoms with E-state index in [2.05, 4.69) is 15.7 Å². The van der Waals surface area contributed by atoms with Crippen LogP contribution in [0.3, 0.4) is 0 Å². The maximum Gasteiger partial charge on any atom is 0.274 e. The van der Waals surface area contributed by atoms with Crippen molar-refractivity contribution >= 4 is 28.3 Å². The van der Waals surface area contributed by atoms with E-state index in [1.807, 2.05) is 6.07 Å². The number of hydrogen-bond acceptors (Lipinski definition) is 4. The zero-order valence-electron chi connectivity index (χ0n) is 14.8. The minimum atomic E-state index is -0.777. The molecule has 2 heterocycles. The lowest BCUT2D eigenvalue weighted by Gasteiger charge is -2.24. The first-order chi connectivity index (χ1) is 13.5. The molecule has 0 aliphatic carbocycles. The Morgan fingerprint density at radius 1 is 1.25 bits per heavy atom. The zero-order chi connectivity index (χ0) is 19.7. The monoisotopic (exact) mass is 380 g/mol. The lowest BCUT2D eigenvalue weighted by atomic mass is 9.89. The van der Waals surface area contributed by atoms with Crippen LogP contribution in [0.15, 0.2) is 53.5 Å². The summed E-state index contributed by atoms with van der Waals surface area (Å²) in [5.41, 5.74) is 0.639. The van der Waals surface area contributed by atoms with Crippen molar-refractivity contribution in [2.45, 2.75) is 18.9 Å². The van der Waals surface area contributed by atoms with Crippen molar-refractivity contribution in [3.8, 4) is 0 Å². The molecule has 0 unspecified atom stereocenters. The van der Waals surface area contributed by atoms with Crippen LogP contribution in [0.5, 0.6) is 0 Å². The van der Waals surface area contributed by atoms with Gasteiger partial charge in [-0.25, -0.2) is 9.07 Å². The minimum absolute atomic E-state index is 0.0591. The lowest BCUT2D eigenvalue weighted by Crippen LogP contribution is -2.37. The first-order valence-electron chi connectivity index (χ1n) is 8.85. The van der Waals surface area contributed by atoms with Crippen LogP contribution < -0.4 is 16.2 Å². The van der Waals surface area contributed by atoms with E-state index in [4.69, 9.17) is 0 Å². The van der Waals surface area contributed by atoms with Crippen LogP contribution in [-0.4, -0.2) is 28.1 Å². The summed E-state index contributed by atoms with van der Waals surface area (Å²) in [4.78, 5) is 36.9. The summed E-state index contributed by atoms with van der Waals surface area (Å²) in [6, 6.07) is 11.1. The molecule has 142 valence electrons. The molecule has 1 atom stereocenters. The van der Waals surface area contributed by atoms with Gasteiger partial charge in [-0.3, -0.25) is 14.4 Å². The molecule has 0 bridgehead atoms. The molecular formula is C20H17FN4O3. The molecule has 4 rings (SSSR count). The fourth-order valence-electron chi connectivity index (χ4n) is 3.36. The van der Waals surface area contributed by atoms with Crippen molar-refractivity contribution in [3.63, 3.8) is 0 Å². The van der Waals surface area contributed by atoms with Gasteiger partial charge in [0, 0.05) is 24.0 Å². The van der Waals surface area contributed by atoms with Crippen LogP contribution in [0, 0.1) is 5.82 Å². The van der Waals surface area contributed by atoms with E-state index in [1.54, 1.807) is 24.4 Å². The highest BCUT2D eigenvalue weighted by molar-refractivity contribution is 6.01. The van der Waals surface area contributed by atoms with Gasteiger partial charge < -0.3 is 10.6 Å². The molecule has 1 aliphatic rings. The van der Waals surface area contributed by atoms with Crippen molar-refractivity contribution in [1.82, 2.24) is 15.1 Å². The second-order valence-corrected chi connectivity index (χ2v) is 6.59. The second kappa shape index (κ2) is 7.22. The van der Waals surface area contributed by atoms with E-state index in [1.165, 1.54) is 22.9 Å². The molecule has 2 amide bonds. The summed E-state index contributed by atoms with van der Waals surface area (Å²) in [5.74, 6) is -1.94. The third-order valence-corrected chi connectivity index (χ3v) is 4.75. The number of aromatic nitrogens is 2. The molecule has 1 aromatic heterocycles. The normalized spacial score (nSPS) is 15.8. The summed E-state index contributed by atoms with van der Waals surface area (Å²) in [6.45, 7) is 0.344. The lowest BCUT2D eigenvalue weighted by molar-refractivity contribution is -0.126. The van der Waals surface area contributed by atoms with Gasteiger partial charge in [-0.05, 0) is 29.8 Å². The molecule has 2 aromatic carbocycles. The van der Waals surface area contributed by atoms with Gasteiger partial charge in [-0.15, -0.1) is 0 Å². The number of carbonyl (C=O) groups excluding carboxylic acids is 2. The summed E-state index contributed by atoms with van der Waals surface area (Å²) in [6.07, 6.45) is 1.54. The van der Waals surface area contributed by atoms with Crippen molar-refractivity contribution in [2.75, 3.05) is 11.9 Å². The van der Waals surface area contributed by atoms with Crippen LogP contribution >= 0.6 is 0 Å². The van der Waals surface area contributed by atoms with Crippen LogP contribution in [-0.2, 0) is 16.1 Å². The van der Waals surface area contributed by atoms with E-state index >= 15 is 0 Å². The molecule has 0 saturated heterocycles. The van der Waals surface area contributed by atoms with Gasteiger partial charge in [0.25, 0.3) is 5.56 Å². The number of rotatable bonds is 4. The highest BCUT2D eigenvalue weighted by atomic mass is 19.1. The van der Waals surface area contributed by atoms with E-state index < -0.39 is 17.6 Å². The highest BCUT2D eigenvalue weighted by Crippen LogP contribution is 2.32. The van der Waals surface area contributed by atoms with Gasteiger partial charge in [0.05, 0.1) is 24.0 Å². The molecule has 28 heavy (non-hydrogen) atoms. The molecular weight excluding hydrogens is 363 g/mol.